The Balaban J connectivity index is 0.000000150. The highest BCUT2D eigenvalue weighted by Crippen LogP contribution is 2.40. The van der Waals surface area contributed by atoms with Crippen LogP contribution in [0.15, 0.2) is 291 Å². The molecule has 12 aromatic carbocycles. The Morgan fingerprint density at radius 1 is 0.187 bits per heavy atom. The molecule has 0 spiro atoms. The van der Waals surface area contributed by atoms with Gasteiger partial charge in [-0.05, 0) is 255 Å². The smallest absolute Gasteiger partial charge is 0.119 e. The van der Waals surface area contributed by atoms with Crippen molar-refractivity contribution in [3.05, 3.63) is 336 Å². The van der Waals surface area contributed by atoms with Crippen molar-refractivity contribution >= 4 is 85.3 Å². The van der Waals surface area contributed by atoms with Gasteiger partial charge in [0.25, 0.3) is 0 Å². The number of hydrogen-bond donors (Lipinski definition) is 0. The molecule has 0 bridgehead atoms. The van der Waals surface area contributed by atoms with E-state index in [1.165, 1.54) is 55.9 Å². The molecule has 0 amide bonds. The van der Waals surface area contributed by atoms with E-state index in [-0.39, 0.29) is 0 Å². The first-order valence-electron chi connectivity index (χ1n) is 31.2. The average Bonchev–Trinajstić information content (AvgIpc) is 1.04. The lowest BCUT2D eigenvalue weighted by atomic mass is 10.1. The topological polar surface area (TPSA) is 28.7 Å². The normalized spacial score (nSPS) is 10.6. The number of ether oxygens (including phenoxy) is 1. The summed E-state index contributed by atoms with van der Waals surface area (Å²) in [5.41, 5.74) is 27.4. The monoisotopic (exact) mass is 1190 g/mol. The molecule has 12 aromatic rings. The third-order valence-electron chi connectivity index (χ3n) is 16.5. The Hall–Kier alpha value is -10.8. The number of methoxy groups -OCH3 is 1. The molecular weight excluding hydrogens is 1110 g/mol. The lowest BCUT2D eigenvalue weighted by molar-refractivity contribution is 0.415. The van der Waals surface area contributed by atoms with Gasteiger partial charge in [-0.25, -0.2) is 0 Å². The van der Waals surface area contributed by atoms with Crippen LogP contribution in [0.1, 0.15) is 44.5 Å². The molecule has 12 rings (SSSR count). The van der Waals surface area contributed by atoms with Crippen LogP contribution in [0.4, 0.5) is 85.3 Å². The van der Waals surface area contributed by atoms with Crippen LogP contribution in [0, 0.1) is 55.4 Å². The molecule has 0 unspecified atom stereocenters. The summed E-state index contributed by atoms with van der Waals surface area (Å²) in [7, 11) is 7.98. The van der Waals surface area contributed by atoms with E-state index >= 15 is 0 Å². The number of aryl methyl sites for hydroxylation is 8. The van der Waals surface area contributed by atoms with Crippen LogP contribution in [0.3, 0.4) is 0 Å². The van der Waals surface area contributed by atoms with E-state index in [4.69, 9.17) is 4.74 Å². The van der Waals surface area contributed by atoms with Gasteiger partial charge in [0.1, 0.15) is 5.75 Å². The zero-order chi connectivity index (χ0) is 64.0. The van der Waals surface area contributed by atoms with E-state index in [0.29, 0.717) is 0 Å². The predicted molar refractivity (Wildman–Crippen MR) is 391 cm³/mol. The second-order valence-corrected chi connectivity index (χ2v) is 23.6. The van der Waals surface area contributed by atoms with Crippen LogP contribution < -0.4 is 34.1 Å². The minimum atomic E-state index is 0.860. The Morgan fingerprint density at radius 3 is 0.571 bits per heavy atom. The second-order valence-electron chi connectivity index (χ2n) is 23.6. The number of hydrogen-bond acceptors (Lipinski definition) is 7. The summed E-state index contributed by atoms with van der Waals surface area (Å²) in [4.78, 5) is 13.5. The van der Waals surface area contributed by atoms with Gasteiger partial charge in [0.2, 0.25) is 0 Å². The van der Waals surface area contributed by atoms with Gasteiger partial charge < -0.3 is 34.1 Å². The quantitative estimate of drug-likeness (QED) is 0.0952. The maximum Gasteiger partial charge on any atom is 0.119 e. The zero-order valence-corrected chi connectivity index (χ0v) is 54.8. The van der Waals surface area contributed by atoms with E-state index < -0.39 is 0 Å². The molecule has 0 atom stereocenters. The minimum Gasteiger partial charge on any atom is -0.497 e. The molecule has 0 fully saturated rings. The predicted octanol–water partition coefficient (Wildman–Crippen LogP) is 23.2. The molecule has 0 heterocycles. The van der Waals surface area contributed by atoms with Gasteiger partial charge in [-0.2, -0.15) is 0 Å². The Bertz CT molecular complexity index is 4070. The third-order valence-corrected chi connectivity index (χ3v) is 16.5. The number of benzene rings is 12. The molecular formula is C84H84N6O. The third kappa shape index (κ3) is 16.1. The zero-order valence-electron chi connectivity index (χ0n) is 54.8. The van der Waals surface area contributed by atoms with Crippen LogP contribution in [0.2, 0.25) is 0 Å². The summed E-state index contributed by atoms with van der Waals surface area (Å²) in [6.07, 6.45) is 0. The standard InChI is InChI=1S/C28H28N2O.2C28H28N2/c1-21-5-9-25(10-6-21)30(26-11-7-22(2)8-12-26)27-15-13-23(14-16-27)29(3)24-17-19-28(31-4)20-18-24;1-21-5-11-24(12-6-21)29(4)25-17-19-28(20-18-25)30(26-13-7-22(2)8-14-26)27-15-9-23(3)10-16-27;1-21-8-12-25(13-9-21)30(26-14-10-22(2)11-15-26)27-18-16-24(17-19-27)29(4)28-7-5-6-23(3)20-28/h5-20H,1-4H3;2*5-20H,1-4H3. The van der Waals surface area contributed by atoms with Crippen molar-refractivity contribution in [2.24, 2.45) is 0 Å². The summed E-state index contributed by atoms with van der Waals surface area (Å²) in [6, 6.07) is 104. The molecule has 0 saturated carbocycles. The highest BCUT2D eigenvalue weighted by Gasteiger charge is 2.17. The van der Waals surface area contributed by atoms with E-state index in [2.05, 4.69) is 385 Å². The number of nitrogens with zero attached hydrogens (tertiary/aromatic N) is 6. The molecule has 0 aliphatic heterocycles. The van der Waals surface area contributed by atoms with Gasteiger partial charge in [-0.1, -0.05) is 136 Å². The summed E-state index contributed by atoms with van der Waals surface area (Å²) in [5.74, 6) is 0.860. The van der Waals surface area contributed by atoms with Gasteiger partial charge in [-0.3, -0.25) is 0 Å². The van der Waals surface area contributed by atoms with Gasteiger partial charge in [-0.15, -0.1) is 0 Å². The van der Waals surface area contributed by atoms with E-state index in [1.54, 1.807) is 7.11 Å². The Kier molecular flexibility index (Phi) is 20.5. The van der Waals surface area contributed by atoms with Crippen molar-refractivity contribution in [1.82, 2.24) is 0 Å². The van der Waals surface area contributed by atoms with E-state index in [9.17, 15) is 0 Å². The highest BCUT2D eigenvalue weighted by atomic mass is 16.5. The van der Waals surface area contributed by atoms with Gasteiger partial charge >= 0.3 is 0 Å². The van der Waals surface area contributed by atoms with Crippen LogP contribution in [0.5, 0.6) is 5.75 Å². The first-order chi connectivity index (χ1) is 44.1. The minimum absolute atomic E-state index is 0.860. The molecule has 0 aromatic heterocycles. The molecule has 456 valence electrons. The van der Waals surface area contributed by atoms with Gasteiger partial charge in [0.15, 0.2) is 0 Å². The molecule has 7 nitrogen and oxygen atoms in total. The maximum atomic E-state index is 5.27. The summed E-state index contributed by atoms with van der Waals surface area (Å²) >= 11 is 0. The highest BCUT2D eigenvalue weighted by molar-refractivity contribution is 5.81. The van der Waals surface area contributed by atoms with E-state index in [0.717, 1.165) is 79.7 Å². The Morgan fingerprint density at radius 2 is 0.363 bits per heavy atom. The molecule has 0 N–H and O–H groups in total. The molecule has 91 heavy (non-hydrogen) atoms. The fourth-order valence-electron chi connectivity index (χ4n) is 10.8. The summed E-state index contributed by atoms with van der Waals surface area (Å²) in [5, 5.41) is 0. The van der Waals surface area contributed by atoms with Crippen LogP contribution in [-0.4, -0.2) is 28.3 Å². The SMILES string of the molecule is COc1ccc(N(C)c2ccc(N(c3ccc(C)cc3)c3ccc(C)cc3)cc2)cc1.Cc1ccc(N(C)c2ccc(N(c3ccc(C)cc3)c3ccc(C)cc3)cc2)cc1.Cc1ccc(N(c2ccc(C)cc2)c2ccc(N(C)c3cccc(C)c3)cc2)cc1. The van der Waals surface area contributed by atoms with Crippen molar-refractivity contribution in [2.45, 2.75) is 55.4 Å². The number of anilines is 15. The fraction of sp³-hybridized carbons (Fsp3) is 0.143. The molecule has 0 aliphatic carbocycles. The fourth-order valence-corrected chi connectivity index (χ4v) is 10.8. The lowest BCUT2D eigenvalue weighted by Crippen LogP contribution is -2.12. The first kappa shape index (κ1) is 63.3. The first-order valence-corrected chi connectivity index (χ1v) is 31.2. The largest absolute Gasteiger partial charge is 0.497 e. The van der Waals surface area contributed by atoms with Crippen molar-refractivity contribution < 1.29 is 4.74 Å². The van der Waals surface area contributed by atoms with E-state index in [1.807, 2.05) is 12.1 Å². The van der Waals surface area contributed by atoms with Crippen molar-refractivity contribution in [3.8, 4) is 5.75 Å². The van der Waals surface area contributed by atoms with Crippen LogP contribution in [-0.2, 0) is 0 Å². The average molecular weight is 1190 g/mol. The number of rotatable bonds is 16. The van der Waals surface area contributed by atoms with Gasteiger partial charge in [0.05, 0.1) is 7.11 Å². The molecule has 0 radical (unpaired) electrons. The maximum absolute atomic E-state index is 5.27. The van der Waals surface area contributed by atoms with Crippen molar-refractivity contribution in [1.29, 1.82) is 0 Å². The van der Waals surface area contributed by atoms with Crippen LogP contribution >= 0.6 is 0 Å². The lowest BCUT2D eigenvalue weighted by Gasteiger charge is -2.27. The molecule has 0 saturated heterocycles. The Labute approximate surface area is 541 Å². The summed E-state index contributed by atoms with van der Waals surface area (Å²) < 4.78 is 5.27. The van der Waals surface area contributed by atoms with Crippen molar-refractivity contribution in [2.75, 3.05) is 57.7 Å². The van der Waals surface area contributed by atoms with Crippen molar-refractivity contribution in [3.63, 3.8) is 0 Å². The van der Waals surface area contributed by atoms with Gasteiger partial charge in [0, 0.05) is 106 Å². The van der Waals surface area contributed by atoms with Crippen LogP contribution in [0.25, 0.3) is 0 Å². The second kappa shape index (κ2) is 29.5. The summed E-state index contributed by atoms with van der Waals surface area (Å²) in [6.45, 7) is 17.0. The molecule has 7 heteroatoms. The molecule has 0 aliphatic rings.